The number of allylic oxidation sites excluding steroid dienone is 1. The molecule has 14 heavy (non-hydrogen) atoms. The van der Waals surface area contributed by atoms with Crippen LogP contribution >= 0.6 is 0 Å². The highest BCUT2D eigenvalue weighted by Crippen LogP contribution is 2.20. The molecule has 0 aromatic rings. The summed E-state index contributed by atoms with van der Waals surface area (Å²) >= 11 is 0. The lowest BCUT2D eigenvalue weighted by molar-refractivity contribution is 0.279. The van der Waals surface area contributed by atoms with E-state index in [1.54, 1.807) is 0 Å². The number of hydrogen-bond acceptors (Lipinski definition) is 2. The maximum atomic E-state index is 3.71. The average molecular weight is 194 g/mol. The van der Waals surface area contributed by atoms with E-state index in [2.05, 4.69) is 30.1 Å². The first-order valence-corrected chi connectivity index (χ1v) is 5.88. The van der Waals surface area contributed by atoms with Gasteiger partial charge >= 0.3 is 0 Å². The van der Waals surface area contributed by atoms with E-state index in [9.17, 15) is 0 Å². The van der Waals surface area contributed by atoms with Crippen LogP contribution in [0.15, 0.2) is 11.6 Å². The van der Waals surface area contributed by atoms with E-state index in [4.69, 9.17) is 0 Å². The second-order valence-corrected chi connectivity index (χ2v) is 4.80. The van der Waals surface area contributed by atoms with Crippen molar-refractivity contribution in [1.82, 2.24) is 10.2 Å². The highest BCUT2D eigenvalue weighted by atomic mass is 15.2. The van der Waals surface area contributed by atoms with Gasteiger partial charge in [-0.2, -0.15) is 0 Å². The number of rotatable bonds is 2. The lowest BCUT2D eigenvalue weighted by Crippen LogP contribution is -2.36. The van der Waals surface area contributed by atoms with E-state index in [1.807, 2.05) is 0 Å². The summed E-state index contributed by atoms with van der Waals surface area (Å²) in [6.07, 6.45) is 6.36. The Morgan fingerprint density at radius 3 is 2.93 bits per heavy atom. The predicted molar refractivity (Wildman–Crippen MR) is 60.4 cm³/mol. The molecule has 2 heterocycles. The van der Waals surface area contributed by atoms with Crippen LogP contribution in [0, 0.1) is 0 Å². The average Bonchev–Trinajstić information content (AvgIpc) is 2.50. The van der Waals surface area contributed by atoms with Gasteiger partial charge in [0.15, 0.2) is 0 Å². The monoisotopic (exact) mass is 194 g/mol. The lowest BCUT2D eigenvalue weighted by Gasteiger charge is -2.24. The van der Waals surface area contributed by atoms with Crippen molar-refractivity contribution >= 4 is 0 Å². The van der Waals surface area contributed by atoms with Gasteiger partial charge in [0.25, 0.3) is 0 Å². The third-order valence-corrected chi connectivity index (χ3v) is 3.57. The van der Waals surface area contributed by atoms with Crippen molar-refractivity contribution in [2.45, 2.75) is 45.2 Å². The highest BCUT2D eigenvalue weighted by molar-refractivity contribution is 5.00. The molecule has 0 aliphatic carbocycles. The van der Waals surface area contributed by atoms with Crippen molar-refractivity contribution in [3.8, 4) is 0 Å². The second-order valence-electron chi connectivity index (χ2n) is 4.80. The van der Waals surface area contributed by atoms with E-state index in [-0.39, 0.29) is 0 Å². The van der Waals surface area contributed by atoms with Crippen molar-refractivity contribution in [3.63, 3.8) is 0 Å². The van der Waals surface area contributed by atoms with Crippen LogP contribution in [-0.4, -0.2) is 36.6 Å². The molecule has 0 unspecified atom stereocenters. The number of likely N-dealkylation sites (tertiary alicyclic amines) is 1. The Labute approximate surface area is 87.4 Å². The van der Waals surface area contributed by atoms with Gasteiger partial charge in [0.1, 0.15) is 0 Å². The molecule has 80 valence electrons. The molecule has 2 rings (SSSR count). The standard InChI is InChI=1S/C12H22N2/c1-3-10(2)8-14-7-6-11-4-5-12(9-14)13-11/h3,11-13H,4-9H2,1-2H3/b10-3+/t11-,12+/m1/s1. The van der Waals surface area contributed by atoms with Gasteiger partial charge in [-0.3, -0.25) is 4.90 Å². The quantitative estimate of drug-likeness (QED) is 0.674. The minimum atomic E-state index is 0.771. The summed E-state index contributed by atoms with van der Waals surface area (Å²) in [4.78, 5) is 2.60. The summed E-state index contributed by atoms with van der Waals surface area (Å²) in [5.41, 5.74) is 1.50. The predicted octanol–water partition coefficient (Wildman–Crippen LogP) is 1.78. The van der Waals surface area contributed by atoms with E-state index < -0.39 is 0 Å². The Kier molecular flexibility index (Phi) is 3.24. The van der Waals surface area contributed by atoms with Crippen molar-refractivity contribution in [3.05, 3.63) is 11.6 Å². The first-order valence-electron chi connectivity index (χ1n) is 5.88. The molecule has 0 radical (unpaired) electrons. The maximum absolute atomic E-state index is 3.71. The summed E-state index contributed by atoms with van der Waals surface area (Å²) in [5.74, 6) is 0. The topological polar surface area (TPSA) is 15.3 Å². The third-order valence-electron chi connectivity index (χ3n) is 3.57. The minimum Gasteiger partial charge on any atom is -0.310 e. The van der Waals surface area contributed by atoms with Crippen molar-refractivity contribution in [1.29, 1.82) is 0 Å². The molecule has 2 saturated heterocycles. The smallest absolute Gasteiger partial charge is 0.0198 e. The molecule has 2 nitrogen and oxygen atoms in total. The van der Waals surface area contributed by atoms with Gasteiger partial charge in [-0.25, -0.2) is 0 Å². The number of fused-ring (bicyclic) bond motifs is 2. The van der Waals surface area contributed by atoms with Gasteiger partial charge in [0.2, 0.25) is 0 Å². The molecule has 2 atom stereocenters. The summed E-state index contributed by atoms with van der Waals surface area (Å²) in [6.45, 7) is 8.07. The van der Waals surface area contributed by atoms with Crippen LogP contribution < -0.4 is 5.32 Å². The van der Waals surface area contributed by atoms with Gasteiger partial charge in [-0.05, 0) is 33.1 Å². The Hall–Kier alpha value is -0.340. The Morgan fingerprint density at radius 2 is 2.14 bits per heavy atom. The lowest BCUT2D eigenvalue weighted by atomic mass is 10.1. The first-order chi connectivity index (χ1) is 6.78. The van der Waals surface area contributed by atoms with Gasteiger partial charge in [-0.15, -0.1) is 0 Å². The highest BCUT2D eigenvalue weighted by Gasteiger charge is 2.28. The van der Waals surface area contributed by atoms with Gasteiger partial charge in [0, 0.05) is 31.7 Å². The zero-order chi connectivity index (χ0) is 9.97. The third kappa shape index (κ3) is 2.37. The van der Waals surface area contributed by atoms with Crippen LogP contribution in [0.2, 0.25) is 0 Å². The van der Waals surface area contributed by atoms with E-state index in [0.717, 1.165) is 12.1 Å². The fourth-order valence-electron chi connectivity index (χ4n) is 2.60. The first kappa shape index (κ1) is 10.2. The zero-order valence-electron chi connectivity index (χ0n) is 9.42. The number of nitrogens with zero attached hydrogens (tertiary/aromatic N) is 1. The minimum absolute atomic E-state index is 0.771. The van der Waals surface area contributed by atoms with Gasteiger partial charge in [0.05, 0.1) is 0 Å². The molecule has 0 saturated carbocycles. The van der Waals surface area contributed by atoms with Crippen molar-refractivity contribution in [2.24, 2.45) is 0 Å². The van der Waals surface area contributed by atoms with E-state index in [0.29, 0.717) is 0 Å². The van der Waals surface area contributed by atoms with Crippen molar-refractivity contribution < 1.29 is 0 Å². The summed E-state index contributed by atoms with van der Waals surface area (Å²) < 4.78 is 0. The largest absolute Gasteiger partial charge is 0.310 e. The van der Waals surface area contributed by atoms with E-state index >= 15 is 0 Å². The normalized spacial score (nSPS) is 34.6. The summed E-state index contributed by atoms with van der Waals surface area (Å²) in [5, 5.41) is 3.71. The second kappa shape index (κ2) is 4.45. The number of hydrogen-bond donors (Lipinski definition) is 1. The summed E-state index contributed by atoms with van der Waals surface area (Å²) in [7, 11) is 0. The molecule has 2 bridgehead atoms. The molecule has 0 aromatic heterocycles. The van der Waals surface area contributed by atoms with Crippen LogP contribution in [0.4, 0.5) is 0 Å². The SMILES string of the molecule is C/C=C(\C)CN1CC[C@H]2CC[C@@H](C1)N2. The Balaban J connectivity index is 1.88. The van der Waals surface area contributed by atoms with Gasteiger partial charge in [-0.1, -0.05) is 11.6 Å². The molecular formula is C12H22N2. The molecule has 2 aliphatic rings. The fraction of sp³-hybridized carbons (Fsp3) is 0.833. The van der Waals surface area contributed by atoms with Crippen LogP contribution in [0.5, 0.6) is 0 Å². The van der Waals surface area contributed by atoms with E-state index in [1.165, 1.54) is 44.5 Å². The van der Waals surface area contributed by atoms with Crippen LogP contribution in [0.25, 0.3) is 0 Å². The Bertz CT molecular complexity index is 222. The fourth-order valence-corrected chi connectivity index (χ4v) is 2.60. The maximum Gasteiger partial charge on any atom is 0.0198 e. The summed E-state index contributed by atoms with van der Waals surface area (Å²) in [6, 6.07) is 1.59. The molecule has 0 amide bonds. The molecule has 2 aliphatic heterocycles. The Morgan fingerprint density at radius 1 is 1.36 bits per heavy atom. The van der Waals surface area contributed by atoms with Crippen LogP contribution in [-0.2, 0) is 0 Å². The van der Waals surface area contributed by atoms with Crippen LogP contribution in [0.3, 0.4) is 0 Å². The zero-order valence-corrected chi connectivity index (χ0v) is 9.42. The molecule has 0 aromatic carbocycles. The van der Waals surface area contributed by atoms with Gasteiger partial charge < -0.3 is 5.32 Å². The molecule has 2 fully saturated rings. The number of nitrogens with one attached hydrogen (secondary N) is 1. The van der Waals surface area contributed by atoms with Crippen molar-refractivity contribution in [2.75, 3.05) is 19.6 Å². The molecule has 1 N–H and O–H groups in total. The molecular weight excluding hydrogens is 172 g/mol. The van der Waals surface area contributed by atoms with Crippen LogP contribution in [0.1, 0.15) is 33.1 Å². The molecule has 0 spiro atoms. The molecule has 2 heteroatoms.